The fourth-order valence-electron chi connectivity index (χ4n) is 1.43. The van der Waals surface area contributed by atoms with E-state index in [1.807, 2.05) is 0 Å². The number of aromatic nitrogens is 3. The molecule has 0 fully saturated rings. The number of rotatable bonds is 2. The van der Waals surface area contributed by atoms with Gasteiger partial charge in [0.05, 0.1) is 11.6 Å². The first-order valence-electron chi connectivity index (χ1n) is 5.20. The lowest BCUT2D eigenvalue weighted by Gasteiger charge is -2.08. The van der Waals surface area contributed by atoms with Gasteiger partial charge in [-0.15, -0.1) is 5.10 Å². The predicted octanol–water partition coefficient (Wildman–Crippen LogP) is 0.958. The molecule has 1 aromatic carbocycles. The zero-order valence-electron chi connectivity index (χ0n) is 9.86. The summed E-state index contributed by atoms with van der Waals surface area (Å²) in [7, 11) is 0. The molecular weight excluding hydrogens is 251 g/mol. The van der Waals surface area contributed by atoms with E-state index >= 15 is 0 Å². The fourth-order valence-corrected chi connectivity index (χ4v) is 1.43. The van der Waals surface area contributed by atoms with E-state index in [0.29, 0.717) is 0 Å². The lowest BCUT2D eigenvalue weighted by atomic mass is 10.1. The van der Waals surface area contributed by atoms with Gasteiger partial charge < -0.3 is 11.1 Å². The number of carbonyl (C=O) groups is 1. The molecule has 0 unspecified atom stereocenters. The van der Waals surface area contributed by atoms with Crippen molar-refractivity contribution in [2.75, 3.05) is 11.1 Å². The van der Waals surface area contributed by atoms with Crippen LogP contribution in [-0.2, 0) is 0 Å². The second-order valence-corrected chi connectivity index (χ2v) is 3.74. The second-order valence-electron chi connectivity index (χ2n) is 3.74. The summed E-state index contributed by atoms with van der Waals surface area (Å²) in [4.78, 5) is 15.4. The molecule has 0 saturated heterocycles. The van der Waals surface area contributed by atoms with Crippen molar-refractivity contribution in [3.63, 3.8) is 0 Å². The van der Waals surface area contributed by atoms with E-state index in [4.69, 9.17) is 11.0 Å². The summed E-state index contributed by atoms with van der Waals surface area (Å²) in [5, 5.41) is 17.0. The molecule has 19 heavy (non-hydrogen) atoms. The first-order chi connectivity index (χ1) is 9.01. The van der Waals surface area contributed by atoms with Crippen LogP contribution in [0.25, 0.3) is 0 Å². The molecule has 1 heterocycles. The highest BCUT2D eigenvalue weighted by molar-refractivity contribution is 6.02. The number of amides is 1. The summed E-state index contributed by atoms with van der Waals surface area (Å²) in [6.07, 6.45) is 0. The minimum absolute atomic E-state index is 0.0705. The number of nitrogens with one attached hydrogen (secondary N) is 2. The molecule has 0 atom stereocenters. The summed E-state index contributed by atoms with van der Waals surface area (Å²) in [5.41, 5.74) is 5.79. The number of H-pyrrole nitrogens is 1. The Morgan fingerprint density at radius 1 is 1.58 bits per heavy atom. The summed E-state index contributed by atoms with van der Waals surface area (Å²) in [6, 6.07) is 4.27. The fraction of sp³-hybridized carbons (Fsp3) is 0.0909. The smallest absolute Gasteiger partial charge is 0.293 e. The van der Waals surface area contributed by atoms with Crippen molar-refractivity contribution in [3.05, 3.63) is 34.9 Å². The standard InChI is InChI=1S/C11H9FN6O/c1-5-7(12)2-6(4-13)3-8(5)15-10(19)9-16-11(14)18-17-9/h2-3H,1H3,(H,15,19)(H3,14,16,17,18). The maximum absolute atomic E-state index is 13.5. The van der Waals surface area contributed by atoms with Crippen LogP contribution < -0.4 is 11.1 Å². The number of benzene rings is 1. The Hall–Kier alpha value is -2.95. The van der Waals surface area contributed by atoms with E-state index in [2.05, 4.69) is 20.5 Å². The third-order valence-corrected chi connectivity index (χ3v) is 2.44. The van der Waals surface area contributed by atoms with Crippen LogP contribution in [0.3, 0.4) is 0 Å². The molecule has 7 nitrogen and oxygen atoms in total. The topological polar surface area (TPSA) is 120 Å². The largest absolute Gasteiger partial charge is 0.366 e. The maximum Gasteiger partial charge on any atom is 0.293 e. The number of nitriles is 1. The quantitative estimate of drug-likeness (QED) is 0.742. The molecule has 8 heteroatoms. The summed E-state index contributed by atoms with van der Waals surface area (Å²) >= 11 is 0. The van der Waals surface area contributed by atoms with E-state index in [9.17, 15) is 9.18 Å². The molecule has 2 rings (SSSR count). The number of anilines is 2. The molecule has 0 bridgehead atoms. The highest BCUT2D eigenvalue weighted by atomic mass is 19.1. The Morgan fingerprint density at radius 3 is 2.89 bits per heavy atom. The minimum Gasteiger partial charge on any atom is -0.366 e. The average Bonchev–Trinajstić information content (AvgIpc) is 2.81. The van der Waals surface area contributed by atoms with Crippen molar-refractivity contribution in [3.8, 4) is 6.07 Å². The molecule has 0 aliphatic rings. The number of aromatic amines is 1. The predicted molar refractivity (Wildman–Crippen MR) is 64.6 cm³/mol. The van der Waals surface area contributed by atoms with Crippen molar-refractivity contribution >= 4 is 17.5 Å². The number of halogens is 1. The summed E-state index contributed by atoms with van der Waals surface area (Å²) < 4.78 is 13.5. The normalized spacial score (nSPS) is 9.95. The maximum atomic E-state index is 13.5. The van der Waals surface area contributed by atoms with Crippen molar-refractivity contribution in [1.82, 2.24) is 15.2 Å². The molecule has 0 spiro atoms. The van der Waals surface area contributed by atoms with Gasteiger partial charge in [-0.05, 0) is 19.1 Å². The van der Waals surface area contributed by atoms with Crippen molar-refractivity contribution in [1.29, 1.82) is 5.26 Å². The van der Waals surface area contributed by atoms with Gasteiger partial charge in [0, 0.05) is 11.3 Å². The molecule has 0 saturated carbocycles. The monoisotopic (exact) mass is 260 g/mol. The average molecular weight is 260 g/mol. The Balaban J connectivity index is 2.31. The van der Waals surface area contributed by atoms with E-state index in [-0.39, 0.29) is 28.6 Å². The molecule has 4 N–H and O–H groups in total. The summed E-state index contributed by atoms with van der Waals surface area (Å²) in [6.45, 7) is 1.49. The summed E-state index contributed by atoms with van der Waals surface area (Å²) in [5.74, 6) is -1.37. The number of hydrogen-bond donors (Lipinski definition) is 3. The third-order valence-electron chi connectivity index (χ3n) is 2.44. The van der Waals surface area contributed by atoms with Gasteiger partial charge in [0.1, 0.15) is 5.82 Å². The van der Waals surface area contributed by atoms with Crippen molar-refractivity contribution < 1.29 is 9.18 Å². The second kappa shape index (κ2) is 4.73. The molecule has 1 amide bonds. The van der Waals surface area contributed by atoms with Gasteiger partial charge >= 0.3 is 0 Å². The number of hydrogen-bond acceptors (Lipinski definition) is 5. The van der Waals surface area contributed by atoms with Crippen LogP contribution in [-0.4, -0.2) is 21.1 Å². The zero-order valence-corrected chi connectivity index (χ0v) is 9.86. The SMILES string of the molecule is Cc1c(F)cc(C#N)cc1NC(=O)c1nc(N)n[nH]1. The van der Waals surface area contributed by atoms with Crippen molar-refractivity contribution in [2.24, 2.45) is 0 Å². The number of nitrogen functional groups attached to an aromatic ring is 1. The Morgan fingerprint density at radius 2 is 2.32 bits per heavy atom. The van der Waals surface area contributed by atoms with Gasteiger partial charge in [-0.2, -0.15) is 10.2 Å². The highest BCUT2D eigenvalue weighted by Gasteiger charge is 2.14. The lowest BCUT2D eigenvalue weighted by molar-refractivity contribution is 0.101. The highest BCUT2D eigenvalue weighted by Crippen LogP contribution is 2.20. The van der Waals surface area contributed by atoms with E-state index in [1.165, 1.54) is 13.0 Å². The molecule has 2 aromatic rings. The molecule has 1 aromatic heterocycles. The number of nitrogens with zero attached hydrogens (tertiary/aromatic N) is 3. The van der Waals surface area contributed by atoms with E-state index in [1.54, 1.807) is 6.07 Å². The van der Waals surface area contributed by atoms with Crippen LogP contribution in [0.4, 0.5) is 16.0 Å². The van der Waals surface area contributed by atoms with Gasteiger partial charge in [-0.3, -0.25) is 9.89 Å². The van der Waals surface area contributed by atoms with E-state index in [0.717, 1.165) is 6.07 Å². The van der Waals surface area contributed by atoms with Crippen LogP contribution >= 0.6 is 0 Å². The van der Waals surface area contributed by atoms with Gasteiger partial charge in [-0.25, -0.2) is 4.39 Å². The van der Waals surface area contributed by atoms with Gasteiger partial charge in [-0.1, -0.05) is 0 Å². The Bertz CT molecular complexity index is 687. The van der Waals surface area contributed by atoms with Crippen LogP contribution in [0.15, 0.2) is 12.1 Å². The van der Waals surface area contributed by atoms with E-state index < -0.39 is 11.7 Å². The molecular formula is C11H9FN6O. The van der Waals surface area contributed by atoms with Crippen LogP contribution in [0.2, 0.25) is 0 Å². The van der Waals surface area contributed by atoms with Crippen LogP contribution in [0.5, 0.6) is 0 Å². The zero-order chi connectivity index (χ0) is 14.0. The first kappa shape index (κ1) is 12.5. The van der Waals surface area contributed by atoms with Crippen LogP contribution in [0, 0.1) is 24.1 Å². The minimum atomic E-state index is -0.623. The van der Waals surface area contributed by atoms with Gasteiger partial charge in [0.2, 0.25) is 11.8 Å². The van der Waals surface area contributed by atoms with Crippen LogP contribution in [0.1, 0.15) is 21.7 Å². The van der Waals surface area contributed by atoms with Gasteiger partial charge in [0.15, 0.2) is 0 Å². The van der Waals surface area contributed by atoms with Gasteiger partial charge in [0.25, 0.3) is 5.91 Å². The Kier molecular flexibility index (Phi) is 3.12. The lowest BCUT2D eigenvalue weighted by Crippen LogP contribution is -2.15. The molecule has 0 aliphatic heterocycles. The first-order valence-corrected chi connectivity index (χ1v) is 5.20. The third kappa shape index (κ3) is 2.50. The molecule has 0 radical (unpaired) electrons. The Labute approximate surface area is 107 Å². The van der Waals surface area contributed by atoms with Crippen molar-refractivity contribution in [2.45, 2.75) is 6.92 Å². The number of carbonyl (C=O) groups excluding carboxylic acids is 1. The number of nitrogens with two attached hydrogens (primary N) is 1. The molecule has 0 aliphatic carbocycles. The molecule has 96 valence electrons.